The maximum atomic E-state index is 9.43. The van der Waals surface area contributed by atoms with Gasteiger partial charge in [0.15, 0.2) is 0 Å². The summed E-state index contributed by atoms with van der Waals surface area (Å²) in [5.74, 6) is 0. The quantitative estimate of drug-likeness (QED) is 0.330. The SMILES string of the molecule is Cn1cc(C#N)c2cc(/C(=N\O)c3cc(Cl)nc(Cl)c3)ccc21. The maximum absolute atomic E-state index is 9.43. The first-order valence-corrected chi connectivity index (χ1v) is 7.34. The van der Waals surface area contributed by atoms with Crippen LogP contribution in [0.3, 0.4) is 0 Å². The minimum Gasteiger partial charge on any atom is -0.410 e. The Morgan fingerprint density at radius 1 is 1.22 bits per heavy atom. The molecule has 0 aliphatic carbocycles. The fraction of sp³-hybridized carbons (Fsp3) is 0.0625. The number of pyridine rings is 1. The number of aromatic nitrogens is 2. The van der Waals surface area contributed by atoms with E-state index in [2.05, 4.69) is 16.2 Å². The molecule has 114 valence electrons. The van der Waals surface area contributed by atoms with Crippen molar-refractivity contribution in [2.75, 3.05) is 0 Å². The molecule has 0 amide bonds. The summed E-state index contributed by atoms with van der Waals surface area (Å²) in [6.45, 7) is 0. The highest BCUT2D eigenvalue weighted by Gasteiger charge is 2.14. The van der Waals surface area contributed by atoms with Crippen molar-refractivity contribution in [3.8, 4) is 6.07 Å². The third-order valence-corrected chi connectivity index (χ3v) is 3.91. The van der Waals surface area contributed by atoms with Crippen LogP contribution in [0.5, 0.6) is 0 Å². The van der Waals surface area contributed by atoms with Crippen molar-refractivity contribution in [1.82, 2.24) is 9.55 Å². The fourth-order valence-corrected chi connectivity index (χ4v) is 2.97. The van der Waals surface area contributed by atoms with Crippen molar-refractivity contribution in [2.24, 2.45) is 12.2 Å². The van der Waals surface area contributed by atoms with Gasteiger partial charge in [-0.05, 0) is 24.3 Å². The summed E-state index contributed by atoms with van der Waals surface area (Å²) in [4.78, 5) is 3.87. The van der Waals surface area contributed by atoms with E-state index in [1.54, 1.807) is 30.5 Å². The molecule has 0 unspecified atom stereocenters. The number of rotatable bonds is 2. The fourth-order valence-electron chi connectivity index (χ4n) is 2.51. The third kappa shape index (κ3) is 2.74. The second kappa shape index (κ2) is 5.92. The number of halogens is 2. The Hall–Kier alpha value is -2.55. The minimum absolute atomic E-state index is 0.201. The van der Waals surface area contributed by atoms with Gasteiger partial charge in [0.25, 0.3) is 0 Å². The number of fused-ring (bicyclic) bond motifs is 1. The van der Waals surface area contributed by atoms with Crippen LogP contribution in [0.2, 0.25) is 10.3 Å². The Morgan fingerprint density at radius 2 is 1.91 bits per heavy atom. The van der Waals surface area contributed by atoms with E-state index in [1.165, 1.54) is 0 Å². The van der Waals surface area contributed by atoms with Gasteiger partial charge < -0.3 is 9.77 Å². The van der Waals surface area contributed by atoms with Gasteiger partial charge in [-0.3, -0.25) is 0 Å². The van der Waals surface area contributed by atoms with Gasteiger partial charge in [0.2, 0.25) is 0 Å². The van der Waals surface area contributed by atoms with E-state index in [0.29, 0.717) is 22.4 Å². The molecule has 1 aromatic carbocycles. The van der Waals surface area contributed by atoms with E-state index in [9.17, 15) is 10.5 Å². The van der Waals surface area contributed by atoms with Gasteiger partial charge in [0, 0.05) is 35.3 Å². The molecule has 3 rings (SSSR count). The molecule has 0 aliphatic rings. The van der Waals surface area contributed by atoms with Crippen molar-refractivity contribution in [1.29, 1.82) is 5.26 Å². The molecule has 3 aromatic rings. The number of aryl methyl sites for hydroxylation is 1. The van der Waals surface area contributed by atoms with Crippen molar-refractivity contribution >= 4 is 39.8 Å². The molecule has 23 heavy (non-hydrogen) atoms. The van der Waals surface area contributed by atoms with E-state index in [-0.39, 0.29) is 10.3 Å². The summed E-state index contributed by atoms with van der Waals surface area (Å²) >= 11 is 11.8. The van der Waals surface area contributed by atoms with Crippen molar-refractivity contribution in [3.63, 3.8) is 0 Å². The van der Waals surface area contributed by atoms with E-state index >= 15 is 0 Å². The highest BCUT2D eigenvalue weighted by molar-refractivity contribution is 6.33. The van der Waals surface area contributed by atoms with E-state index in [4.69, 9.17) is 23.2 Å². The molecule has 0 spiro atoms. The van der Waals surface area contributed by atoms with Crippen LogP contribution < -0.4 is 0 Å². The smallest absolute Gasteiger partial charge is 0.131 e. The Morgan fingerprint density at radius 3 is 2.52 bits per heavy atom. The van der Waals surface area contributed by atoms with Crippen LogP contribution in [0.1, 0.15) is 16.7 Å². The summed E-state index contributed by atoms with van der Waals surface area (Å²) in [7, 11) is 1.87. The number of hydrogen-bond acceptors (Lipinski definition) is 4. The van der Waals surface area contributed by atoms with Gasteiger partial charge in [0.05, 0.1) is 5.56 Å². The second-order valence-electron chi connectivity index (χ2n) is 4.95. The summed E-state index contributed by atoms with van der Waals surface area (Å²) in [6.07, 6.45) is 1.75. The van der Waals surface area contributed by atoms with Crippen LogP contribution in [0, 0.1) is 11.3 Å². The highest BCUT2D eigenvalue weighted by atomic mass is 35.5. The lowest BCUT2D eigenvalue weighted by Crippen LogP contribution is -2.04. The molecule has 0 fully saturated rings. The number of nitrogens with zero attached hydrogens (tertiary/aromatic N) is 4. The summed E-state index contributed by atoms with van der Waals surface area (Å²) in [5.41, 5.74) is 2.93. The van der Waals surface area contributed by atoms with E-state index in [1.807, 2.05) is 17.7 Å². The lowest BCUT2D eigenvalue weighted by atomic mass is 10.0. The van der Waals surface area contributed by atoms with Crippen LogP contribution in [0.25, 0.3) is 10.9 Å². The molecule has 7 heteroatoms. The molecule has 0 radical (unpaired) electrons. The predicted octanol–water partition coefficient (Wildman–Crippen LogP) is 3.98. The van der Waals surface area contributed by atoms with Gasteiger partial charge in [-0.25, -0.2) is 4.98 Å². The first kappa shape index (κ1) is 15.3. The van der Waals surface area contributed by atoms with Gasteiger partial charge in [-0.15, -0.1) is 0 Å². The van der Waals surface area contributed by atoms with Crippen LogP contribution >= 0.6 is 23.2 Å². The maximum Gasteiger partial charge on any atom is 0.131 e. The average Bonchev–Trinajstić information content (AvgIpc) is 2.83. The Labute approximate surface area is 142 Å². The molecule has 0 saturated carbocycles. The normalized spacial score (nSPS) is 11.7. The van der Waals surface area contributed by atoms with E-state index in [0.717, 1.165) is 10.9 Å². The summed E-state index contributed by atoms with van der Waals surface area (Å²) < 4.78 is 1.87. The number of benzene rings is 1. The molecule has 0 atom stereocenters. The molecule has 2 heterocycles. The van der Waals surface area contributed by atoms with Gasteiger partial charge in [-0.2, -0.15) is 5.26 Å². The zero-order chi connectivity index (χ0) is 16.6. The minimum atomic E-state index is 0.201. The zero-order valence-corrected chi connectivity index (χ0v) is 13.5. The van der Waals surface area contributed by atoms with Crippen LogP contribution in [0.15, 0.2) is 41.7 Å². The molecule has 2 aromatic heterocycles. The lowest BCUT2D eigenvalue weighted by molar-refractivity contribution is 0.319. The molecule has 5 nitrogen and oxygen atoms in total. The first-order chi connectivity index (χ1) is 11.0. The second-order valence-corrected chi connectivity index (χ2v) is 5.72. The molecular formula is C16H10Cl2N4O. The van der Waals surface area contributed by atoms with Crippen molar-refractivity contribution in [2.45, 2.75) is 0 Å². The molecule has 1 N–H and O–H groups in total. The topological polar surface area (TPSA) is 74.2 Å². The monoisotopic (exact) mass is 344 g/mol. The molecule has 0 aliphatic heterocycles. The predicted molar refractivity (Wildman–Crippen MR) is 89.3 cm³/mol. The highest BCUT2D eigenvalue weighted by Crippen LogP contribution is 2.24. The Kier molecular flexibility index (Phi) is 3.95. The van der Waals surface area contributed by atoms with Crippen molar-refractivity contribution < 1.29 is 5.21 Å². The largest absolute Gasteiger partial charge is 0.410 e. The van der Waals surface area contributed by atoms with Crippen LogP contribution in [-0.4, -0.2) is 20.5 Å². The third-order valence-electron chi connectivity index (χ3n) is 3.52. The molecule has 0 saturated heterocycles. The Balaban J connectivity index is 2.19. The van der Waals surface area contributed by atoms with Crippen molar-refractivity contribution in [3.05, 3.63) is 63.5 Å². The number of nitriles is 1. The van der Waals surface area contributed by atoms with Gasteiger partial charge >= 0.3 is 0 Å². The zero-order valence-electron chi connectivity index (χ0n) is 12.0. The number of hydrogen-bond donors (Lipinski definition) is 1. The first-order valence-electron chi connectivity index (χ1n) is 6.58. The summed E-state index contributed by atoms with van der Waals surface area (Å²) in [6, 6.07) is 10.7. The van der Waals surface area contributed by atoms with Gasteiger partial charge in [-0.1, -0.05) is 34.4 Å². The summed E-state index contributed by atoms with van der Waals surface area (Å²) in [5, 5.41) is 23.2. The standard InChI is InChI=1S/C16H10Cl2N4O/c1-22-8-11(7-19)12-4-9(2-3-13(12)22)16(21-23)10-5-14(17)20-15(18)6-10/h2-6,8,23H,1H3/b21-16+. The average molecular weight is 345 g/mol. The number of oxime groups is 1. The lowest BCUT2D eigenvalue weighted by Gasteiger charge is -2.07. The van der Waals surface area contributed by atoms with Gasteiger partial charge in [0.1, 0.15) is 22.1 Å². The van der Waals surface area contributed by atoms with E-state index < -0.39 is 0 Å². The Bertz CT molecular complexity index is 965. The van der Waals surface area contributed by atoms with Crippen LogP contribution in [0.4, 0.5) is 0 Å². The molecule has 0 bridgehead atoms. The van der Waals surface area contributed by atoms with Crippen LogP contribution in [-0.2, 0) is 7.05 Å². The molecular weight excluding hydrogens is 335 g/mol.